The fraction of sp³-hybridized carbons (Fsp3) is 0.417. The number of phenols is 2. The predicted octanol–water partition coefficient (Wildman–Crippen LogP) is 1.73. The van der Waals surface area contributed by atoms with Gasteiger partial charge in [0.15, 0.2) is 11.5 Å². The number of carbonyl (C=O) groups excluding carboxylic acids is 1. The van der Waals surface area contributed by atoms with Crippen LogP contribution >= 0.6 is 0 Å². The Hall–Kier alpha value is -1.71. The van der Waals surface area contributed by atoms with Crippen molar-refractivity contribution < 1.29 is 15.0 Å². The number of phenolic OH excluding ortho intramolecular Hbond substituents is 2. The zero-order chi connectivity index (χ0) is 12.1. The van der Waals surface area contributed by atoms with Gasteiger partial charge >= 0.3 is 0 Å². The number of amides is 1. The molecule has 4 heteroatoms. The normalized spacial score (nSPS) is 12.1. The third-order valence-electron chi connectivity index (χ3n) is 2.44. The number of rotatable bonds is 4. The molecule has 4 nitrogen and oxygen atoms in total. The van der Waals surface area contributed by atoms with E-state index in [4.69, 9.17) is 5.11 Å². The average molecular weight is 223 g/mol. The van der Waals surface area contributed by atoms with E-state index < -0.39 is 0 Å². The van der Waals surface area contributed by atoms with Gasteiger partial charge in [0.25, 0.3) is 0 Å². The highest BCUT2D eigenvalue weighted by molar-refractivity contribution is 5.83. The lowest BCUT2D eigenvalue weighted by Gasteiger charge is -2.12. The van der Waals surface area contributed by atoms with Crippen LogP contribution in [-0.4, -0.2) is 22.7 Å². The zero-order valence-corrected chi connectivity index (χ0v) is 9.53. The molecule has 0 fully saturated rings. The van der Waals surface area contributed by atoms with Crippen LogP contribution in [0.15, 0.2) is 18.2 Å². The summed E-state index contributed by atoms with van der Waals surface area (Å²) >= 11 is 0. The Morgan fingerprint density at radius 1 is 1.38 bits per heavy atom. The first-order chi connectivity index (χ1) is 7.56. The van der Waals surface area contributed by atoms with Crippen LogP contribution in [-0.2, 0) is 4.79 Å². The van der Waals surface area contributed by atoms with Crippen molar-refractivity contribution in [2.75, 3.05) is 6.54 Å². The van der Waals surface area contributed by atoms with E-state index in [0.717, 1.165) is 6.42 Å². The molecule has 0 aromatic heterocycles. The summed E-state index contributed by atoms with van der Waals surface area (Å²) in [5, 5.41) is 21.3. The smallest absolute Gasteiger partial charge is 0.227 e. The molecule has 1 atom stereocenters. The molecule has 1 rings (SSSR count). The number of hydrogen-bond acceptors (Lipinski definition) is 3. The monoisotopic (exact) mass is 223 g/mol. The predicted molar refractivity (Wildman–Crippen MR) is 61.5 cm³/mol. The summed E-state index contributed by atoms with van der Waals surface area (Å²) in [6, 6.07) is 4.42. The van der Waals surface area contributed by atoms with Gasteiger partial charge in [-0.3, -0.25) is 4.79 Å². The Balaban J connectivity index is 2.75. The van der Waals surface area contributed by atoms with Gasteiger partial charge in [-0.25, -0.2) is 0 Å². The van der Waals surface area contributed by atoms with Crippen LogP contribution < -0.4 is 5.32 Å². The Bertz CT molecular complexity index is 377. The molecule has 1 unspecified atom stereocenters. The van der Waals surface area contributed by atoms with Crippen LogP contribution in [0.3, 0.4) is 0 Å². The van der Waals surface area contributed by atoms with Crippen molar-refractivity contribution >= 4 is 5.91 Å². The van der Waals surface area contributed by atoms with Crippen molar-refractivity contribution in [3.05, 3.63) is 23.8 Å². The Morgan fingerprint density at radius 2 is 2.06 bits per heavy atom. The fourth-order valence-corrected chi connectivity index (χ4v) is 1.36. The molecule has 1 amide bonds. The molecule has 3 N–H and O–H groups in total. The van der Waals surface area contributed by atoms with Crippen molar-refractivity contribution in [2.45, 2.75) is 26.2 Å². The molecule has 0 radical (unpaired) electrons. The van der Waals surface area contributed by atoms with Gasteiger partial charge in [-0.05, 0) is 31.0 Å². The summed E-state index contributed by atoms with van der Waals surface area (Å²) in [5.74, 6) is -0.789. The molecule has 0 aliphatic rings. The van der Waals surface area contributed by atoms with E-state index in [-0.39, 0.29) is 23.3 Å². The third kappa shape index (κ3) is 2.89. The molecule has 88 valence electrons. The fourth-order valence-electron chi connectivity index (χ4n) is 1.36. The van der Waals surface area contributed by atoms with E-state index in [1.807, 2.05) is 6.92 Å². The quantitative estimate of drug-likeness (QED) is 0.681. The largest absolute Gasteiger partial charge is 0.504 e. The van der Waals surface area contributed by atoms with Gasteiger partial charge in [-0.1, -0.05) is 13.0 Å². The molecule has 0 saturated heterocycles. The molecule has 0 bridgehead atoms. The molecular formula is C12H17NO3. The third-order valence-corrected chi connectivity index (χ3v) is 2.44. The number of aromatic hydroxyl groups is 2. The van der Waals surface area contributed by atoms with Crippen LogP contribution in [0, 0.1) is 0 Å². The van der Waals surface area contributed by atoms with E-state index in [1.54, 1.807) is 13.0 Å². The Morgan fingerprint density at radius 3 is 2.62 bits per heavy atom. The molecule has 1 aromatic carbocycles. The summed E-state index contributed by atoms with van der Waals surface area (Å²) in [6.07, 6.45) is 0.888. The van der Waals surface area contributed by atoms with Crippen LogP contribution in [0.4, 0.5) is 0 Å². The zero-order valence-electron chi connectivity index (χ0n) is 9.53. The number of carbonyl (C=O) groups is 1. The SMILES string of the molecule is CCCNC(=O)C(C)c1ccc(O)c(O)c1. The van der Waals surface area contributed by atoms with Crippen molar-refractivity contribution in [3.8, 4) is 11.5 Å². The highest BCUT2D eigenvalue weighted by atomic mass is 16.3. The Labute approximate surface area is 94.9 Å². The number of hydrogen-bond donors (Lipinski definition) is 3. The molecule has 0 aliphatic carbocycles. The van der Waals surface area contributed by atoms with E-state index in [9.17, 15) is 9.90 Å². The van der Waals surface area contributed by atoms with Gasteiger partial charge in [0.2, 0.25) is 5.91 Å². The van der Waals surface area contributed by atoms with E-state index in [2.05, 4.69) is 5.32 Å². The standard InChI is InChI=1S/C12H17NO3/c1-3-6-13-12(16)8(2)9-4-5-10(14)11(15)7-9/h4-5,7-8,14-15H,3,6H2,1-2H3,(H,13,16). The molecular weight excluding hydrogens is 206 g/mol. The maximum atomic E-state index is 11.6. The highest BCUT2D eigenvalue weighted by Crippen LogP contribution is 2.28. The molecule has 0 aliphatic heterocycles. The average Bonchev–Trinajstić information content (AvgIpc) is 2.28. The summed E-state index contributed by atoms with van der Waals surface area (Å²) in [7, 11) is 0. The van der Waals surface area contributed by atoms with Crippen LogP contribution in [0.1, 0.15) is 31.7 Å². The van der Waals surface area contributed by atoms with Gasteiger partial charge in [0, 0.05) is 6.54 Å². The van der Waals surface area contributed by atoms with Crippen molar-refractivity contribution in [2.24, 2.45) is 0 Å². The molecule has 0 spiro atoms. The maximum absolute atomic E-state index is 11.6. The molecule has 0 heterocycles. The number of nitrogens with one attached hydrogen (secondary N) is 1. The topological polar surface area (TPSA) is 69.6 Å². The van der Waals surface area contributed by atoms with Crippen LogP contribution in [0.25, 0.3) is 0 Å². The van der Waals surface area contributed by atoms with Crippen LogP contribution in [0.5, 0.6) is 11.5 Å². The first-order valence-electron chi connectivity index (χ1n) is 5.35. The van der Waals surface area contributed by atoms with Crippen molar-refractivity contribution in [1.29, 1.82) is 0 Å². The lowest BCUT2D eigenvalue weighted by Crippen LogP contribution is -2.28. The van der Waals surface area contributed by atoms with E-state index in [1.165, 1.54) is 12.1 Å². The van der Waals surface area contributed by atoms with Gasteiger partial charge in [-0.2, -0.15) is 0 Å². The van der Waals surface area contributed by atoms with Gasteiger partial charge < -0.3 is 15.5 Å². The Kier molecular flexibility index (Phi) is 4.17. The van der Waals surface area contributed by atoms with Crippen molar-refractivity contribution in [1.82, 2.24) is 5.32 Å². The summed E-state index contributed by atoms with van der Waals surface area (Å²) < 4.78 is 0. The minimum Gasteiger partial charge on any atom is -0.504 e. The first kappa shape index (κ1) is 12.4. The minimum atomic E-state index is -0.335. The first-order valence-corrected chi connectivity index (χ1v) is 5.35. The van der Waals surface area contributed by atoms with Gasteiger partial charge in [-0.15, -0.1) is 0 Å². The van der Waals surface area contributed by atoms with Crippen molar-refractivity contribution in [3.63, 3.8) is 0 Å². The lowest BCUT2D eigenvalue weighted by atomic mass is 10.00. The maximum Gasteiger partial charge on any atom is 0.227 e. The van der Waals surface area contributed by atoms with E-state index >= 15 is 0 Å². The lowest BCUT2D eigenvalue weighted by molar-refractivity contribution is -0.122. The second kappa shape index (κ2) is 5.39. The van der Waals surface area contributed by atoms with Crippen LogP contribution in [0.2, 0.25) is 0 Å². The summed E-state index contributed by atoms with van der Waals surface area (Å²) in [5.41, 5.74) is 0.684. The summed E-state index contributed by atoms with van der Waals surface area (Å²) in [6.45, 7) is 4.39. The second-order valence-electron chi connectivity index (χ2n) is 3.76. The number of benzene rings is 1. The minimum absolute atomic E-state index is 0.0769. The van der Waals surface area contributed by atoms with E-state index in [0.29, 0.717) is 12.1 Å². The molecule has 1 aromatic rings. The van der Waals surface area contributed by atoms with Gasteiger partial charge in [0.05, 0.1) is 5.92 Å². The summed E-state index contributed by atoms with van der Waals surface area (Å²) in [4.78, 5) is 11.6. The highest BCUT2D eigenvalue weighted by Gasteiger charge is 2.15. The van der Waals surface area contributed by atoms with Gasteiger partial charge in [0.1, 0.15) is 0 Å². The molecule has 0 saturated carbocycles. The molecule has 16 heavy (non-hydrogen) atoms. The second-order valence-corrected chi connectivity index (χ2v) is 3.76.